The Labute approximate surface area is 120 Å². The number of rotatable bonds is 5. The molecule has 0 amide bonds. The van der Waals surface area contributed by atoms with Gasteiger partial charge in [0.05, 0.1) is 5.54 Å². The van der Waals surface area contributed by atoms with Gasteiger partial charge >= 0.3 is 0 Å². The third kappa shape index (κ3) is 2.94. The summed E-state index contributed by atoms with van der Waals surface area (Å²) in [6, 6.07) is 3.27. The third-order valence-corrected chi connectivity index (χ3v) is 5.66. The highest BCUT2D eigenvalue weighted by Gasteiger charge is 2.32. The van der Waals surface area contributed by atoms with E-state index in [1.807, 2.05) is 0 Å². The molecule has 20 heavy (non-hydrogen) atoms. The molecule has 0 saturated heterocycles. The fourth-order valence-electron chi connectivity index (χ4n) is 2.52. The number of nitrogens with one attached hydrogen (secondary N) is 1. The van der Waals surface area contributed by atoms with Gasteiger partial charge in [-0.05, 0) is 25.0 Å². The Hall–Kier alpha value is -1.18. The van der Waals surface area contributed by atoms with Crippen molar-refractivity contribution in [1.29, 1.82) is 0 Å². The Morgan fingerprint density at radius 3 is 2.45 bits per heavy atom. The summed E-state index contributed by atoms with van der Waals surface area (Å²) in [6.07, 6.45) is 5.78. The quantitative estimate of drug-likeness (QED) is 0.847. The van der Waals surface area contributed by atoms with Crippen molar-refractivity contribution in [2.75, 3.05) is 26.0 Å². The van der Waals surface area contributed by atoms with Crippen molar-refractivity contribution in [3.05, 3.63) is 18.3 Å². The maximum Gasteiger partial charge on any atom is 0.244 e. The van der Waals surface area contributed by atoms with E-state index in [4.69, 9.17) is 5.73 Å². The van der Waals surface area contributed by atoms with Gasteiger partial charge in [0, 0.05) is 26.8 Å². The Morgan fingerprint density at radius 2 is 2.00 bits per heavy atom. The minimum absolute atomic E-state index is 0.0884. The van der Waals surface area contributed by atoms with Crippen molar-refractivity contribution in [1.82, 2.24) is 9.29 Å². The van der Waals surface area contributed by atoms with E-state index in [9.17, 15) is 8.42 Å². The smallest absolute Gasteiger partial charge is 0.244 e. The van der Waals surface area contributed by atoms with E-state index < -0.39 is 10.0 Å². The molecule has 1 aliphatic rings. The molecule has 0 aliphatic heterocycles. The highest BCUT2D eigenvalue weighted by atomic mass is 32.2. The van der Waals surface area contributed by atoms with Crippen LogP contribution < -0.4 is 11.1 Å². The van der Waals surface area contributed by atoms with Crippen LogP contribution in [-0.4, -0.2) is 43.9 Å². The average molecular weight is 298 g/mol. The molecule has 7 heteroatoms. The normalized spacial score (nSPS) is 18.4. The standard InChI is InChI=1S/C13H22N4O2S/c1-17(2)20(18,19)11-5-6-12(15-9-11)16-13(10-14)7-3-4-8-13/h5-6,9H,3-4,7-8,10,14H2,1-2H3,(H,15,16). The van der Waals surface area contributed by atoms with Gasteiger partial charge in [-0.3, -0.25) is 0 Å². The van der Waals surface area contributed by atoms with E-state index in [1.165, 1.54) is 24.6 Å². The largest absolute Gasteiger partial charge is 0.363 e. The number of anilines is 1. The Bertz CT molecular complexity index is 548. The summed E-state index contributed by atoms with van der Waals surface area (Å²) < 4.78 is 25.1. The highest BCUT2D eigenvalue weighted by Crippen LogP contribution is 2.31. The lowest BCUT2D eigenvalue weighted by Crippen LogP contribution is -2.43. The summed E-state index contributed by atoms with van der Waals surface area (Å²) in [5, 5.41) is 3.37. The van der Waals surface area contributed by atoms with Crippen LogP contribution in [0.5, 0.6) is 0 Å². The van der Waals surface area contributed by atoms with Crippen molar-refractivity contribution < 1.29 is 8.42 Å². The summed E-state index contributed by atoms with van der Waals surface area (Å²) >= 11 is 0. The minimum Gasteiger partial charge on any atom is -0.363 e. The second kappa shape index (κ2) is 5.67. The van der Waals surface area contributed by atoms with Gasteiger partial charge < -0.3 is 11.1 Å². The van der Waals surface area contributed by atoms with E-state index >= 15 is 0 Å². The van der Waals surface area contributed by atoms with Crippen molar-refractivity contribution in [3.8, 4) is 0 Å². The molecule has 0 unspecified atom stereocenters. The first-order valence-electron chi connectivity index (χ1n) is 6.76. The second-order valence-electron chi connectivity index (χ2n) is 5.48. The predicted octanol–water partition coefficient (Wildman–Crippen LogP) is 1.02. The average Bonchev–Trinajstić information content (AvgIpc) is 2.88. The van der Waals surface area contributed by atoms with E-state index in [1.54, 1.807) is 12.1 Å². The van der Waals surface area contributed by atoms with Gasteiger partial charge in [-0.2, -0.15) is 0 Å². The molecule has 2 rings (SSSR count). The topological polar surface area (TPSA) is 88.3 Å². The molecule has 1 aliphatic carbocycles. The summed E-state index contributed by atoms with van der Waals surface area (Å²) in [6.45, 7) is 0.562. The molecule has 0 aromatic carbocycles. The lowest BCUT2D eigenvalue weighted by atomic mass is 9.98. The number of hydrogen-bond donors (Lipinski definition) is 2. The molecule has 1 aromatic heterocycles. The van der Waals surface area contributed by atoms with Crippen LogP contribution in [-0.2, 0) is 10.0 Å². The van der Waals surface area contributed by atoms with E-state index in [0.29, 0.717) is 12.4 Å². The highest BCUT2D eigenvalue weighted by molar-refractivity contribution is 7.89. The van der Waals surface area contributed by atoms with Gasteiger partial charge in [-0.25, -0.2) is 17.7 Å². The van der Waals surface area contributed by atoms with Crippen LogP contribution in [0.25, 0.3) is 0 Å². The molecule has 0 radical (unpaired) electrons. The second-order valence-corrected chi connectivity index (χ2v) is 7.63. The molecule has 1 saturated carbocycles. The zero-order valence-corrected chi connectivity index (χ0v) is 12.8. The first-order valence-corrected chi connectivity index (χ1v) is 8.20. The molecule has 3 N–H and O–H groups in total. The van der Waals surface area contributed by atoms with Gasteiger partial charge in [-0.15, -0.1) is 0 Å². The summed E-state index contributed by atoms with van der Waals surface area (Å²) in [5.41, 5.74) is 5.77. The molecule has 0 atom stereocenters. The minimum atomic E-state index is -3.42. The number of nitrogens with two attached hydrogens (primary N) is 1. The van der Waals surface area contributed by atoms with Crippen molar-refractivity contribution in [2.45, 2.75) is 36.1 Å². The van der Waals surface area contributed by atoms with Crippen LogP contribution in [0.4, 0.5) is 5.82 Å². The van der Waals surface area contributed by atoms with E-state index in [0.717, 1.165) is 25.7 Å². The molecule has 1 aromatic rings. The summed E-state index contributed by atoms with van der Waals surface area (Å²) in [4.78, 5) is 4.41. The first kappa shape index (κ1) is 15.2. The molecular formula is C13H22N4O2S. The molecular weight excluding hydrogens is 276 g/mol. The zero-order chi connectivity index (χ0) is 14.8. The van der Waals surface area contributed by atoms with Crippen LogP contribution in [0.15, 0.2) is 23.2 Å². The van der Waals surface area contributed by atoms with Crippen LogP contribution in [0, 0.1) is 0 Å². The van der Waals surface area contributed by atoms with Crippen molar-refractivity contribution >= 4 is 15.8 Å². The summed E-state index contributed by atoms with van der Waals surface area (Å²) in [5.74, 6) is 0.676. The number of hydrogen-bond acceptors (Lipinski definition) is 5. The van der Waals surface area contributed by atoms with Gasteiger partial charge in [0.1, 0.15) is 10.7 Å². The van der Waals surface area contributed by atoms with Gasteiger partial charge in [0.2, 0.25) is 10.0 Å². The molecule has 0 bridgehead atoms. The maximum absolute atomic E-state index is 12.0. The fourth-order valence-corrected chi connectivity index (χ4v) is 3.37. The van der Waals surface area contributed by atoms with Crippen LogP contribution >= 0.6 is 0 Å². The third-order valence-electron chi connectivity index (χ3n) is 3.86. The SMILES string of the molecule is CN(C)S(=O)(=O)c1ccc(NC2(CN)CCCC2)nc1. The predicted molar refractivity (Wildman–Crippen MR) is 79.0 cm³/mol. The van der Waals surface area contributed by atoms with Crippen LogP contribution in [0.3, 0.4) is 0 Å². The number of pyridine rings is 1. The molecule has 1 heterocycles. The Balaban J connectivity index is 2.17. The number of sulfonamides is 1. The van der Waals surface area contributed by atoms with E-state index in [2.05, 4.69) is 10.3 Å². The van der Waals surface area contributed by atoms with Crippen LogP contribution in [0.1, 0.15) is 25.7 Å². The molecule has 0 spiro atoms. The van der Waals surface area contributed by atoms with Gasteiger partial charge in [-0.1, -0.05) is 12.8 Å². The fraction of sp³-hybridized carbons (Fsp3) is 0.615. The van der Waals surface area contributed by atoms with Gasteiger partial charge in [0.15, 0.2) is 0 Å². The van der Waals surface area contributed by atoms with E-state index in [-0.39, 0.29) is 10.4 Å². The van der Waals surface area contributed by atoms with Gasteiger partial charge in [0.25, 0.3) is 0 Å². The molecule has 112 valence electrons. The monoisotopic (exact) mass is 298 g/mol. The Morgan fingerprint density at radius 1 is 1.35 bits per heavy atom. The van der Waals surface area contributed by atoms with Crippen molar-refractivity contribution in [3.63, 3.8) is 0 Å². The molecule has 6 nitrogen and oxygen atoms in total. The number of nitrogens with zero attached hydrogens (tertiary/aromatic N) is 2. The lowest BCUT2D eigenvalue weighted by molar-refractivity contribution is 0.491. The van der Waals surface area contributed by atoms with Crippen molar-refractivity contribution in [2.24, 2.45) is 5.73 Å². The number of aromatic nitrogens is 1. The first-order chi connectivity index (χ1) is 9.39. The summed E-state index contributed by atoms with van der Waals surface area (Å²) in [7, 11) is -0.417. The maximum atomic E-state index is 12.0. The zero-order valence-electron chi connectivity index (χ0n) is 12.0. The molecule has 1 fully saturated rings. The van der Waals surface area contributed by atoms with Crippen LogP contribution in [0.2, 0.25) is 0 Å². The Kier molecular flexibility index (Phi) is 4.31. The lowest BCUT2D eigenvalue weighted by Gasteiger charge is -2.29.